The minimum Gasteiger partial charge on any atom is -0.452 e. The Bertz CT molecular complexity index is 892. The van der Waals surface area contributed by atoms with E-state index >= 15 is 0 Å². The molecule has 0 aliphatic heterocycles. The average Bonchev–Trinajstić information content (AvgIpc) is 2.59. The normalized spacial score (nSPS) is 12.8. The molecule has 1 atom stereocenters. The molecule has 0 aliphatic rings. The van der Waals surface area contributed by atoms with Crippen LogP contribution in [-0.2, 0) is 30.5 Å². The summed E-state index contributed by atoms with van der Waals surface area (Å²) in [4.78, 5) is 33.7. The van der Waals surface area contributed by atoms with Crippen LogP contribution < -0.4 is 15.4 Å². The molecule has 0 saturated heterocycles. The van der Waals surface area contributed by atoms with Crippen molar-refractivity contribution in [2.45, 2.75) is 31.0 Å². The summed E-state index contributed by atoms with van der Waals surface area (Å²) in [6.07, 6.45) is -6.24. The number of rotatable bonds is 7. The Labute approximate surface area is 169 Å². The van der Waals surface area contributed by atoms with Gasteiger partial charge in [-0.05, 0) is 32.0 Å². The van der Waals surface area contributed by atoms with E-state index in [0.29, 0.717) is 12.1 Å². The molecule has 0 heterocycles. The third-order valence-corrected chi connectivity index (χ3v) is 5.09. The van der Waals surface area contributed by atoms with Crippen molar-refractivity contribution in [1.29, 1.82) is 0 Å². The van der Waals surface area contributed by atoms with E-state index in [0.717, 1.165) is 13.0 Å². The first-order chi connectivity index (χ1) is 13.3. The van der Waals surface area contributed by atoms with Crippen molar-refractivity contribution < 1.29 is 40.7 Å². The van der Waals surface area contributed by atoms with Crippen LogP contribution in [0.5, 0.6) is 0 Å². The molecule has 14 heteroatoms. The summed E-state index contributed by atoms with van der Waals surface area (Å²) in [6.45, 7) is 1.99. The zero-order valence-electron chi connectivity index (χ0n) is 15.1. The molecule has 162 valence electrons. The van der Waals surface area contributed by atoms with E-state index in [-0.39, 0.29) is 6.54 Å². The number of esters is 1. The lowest BCUT2D eigenvalue weighted by Crippen LogP contribution is -2.45. The highest BCUT2D eigenvalue weighted by Gasteiger charge is 2.33. The smallest absolute Gasteiger partial charge is 0.416 e. The predicted molar refractivity (Wildman–Crippen MR) is 94.4 cm³/mol. The van der Waals surface area contributed by atoms with E-state index in [4.69, 9.17) is 11.6 Å². The highest BCUT2D eigenvalue weighted by molar-refractivity contribution is 7.89. The van der Waals surface area contributed by atoms with Crippen LogP contribution in [0.2, 0.25) is 5.02 Å². The third-order valence-electron chi connectivity index (χ3n) is 3.21. The second kappa shape index (κ2) is 9.89. The minimum absolute atomic E-state index is 0.243. The third kappa shape index (κ3) is 7.51. The van der Waals surface area contributed by atoms with Gasteiger partial charge in [-0.2, -0.15) is 17.9 Å². The number of hydrogen-bond donors (Lipinski definition) is 3. The number of alkyl halides is 3. The summed E-state index contributed by atoms with van der Waals surface area (Å²) in [5.41, 5.74) is -1.25. The van der Waals surface area contributed by atoms with Crippen LogP contribution in [0, 0.1) is 0 Å². The molecule has 0 radical (unpaired) electrons. The number of benzene rings is 1. The SMILES string of the molecule is CCNC(=O)NC(=O)[C@H](C)OC(=O)CNS(=O)(=O)c1cc(C(F)(F)F)ccc1Cl. The molecule has 3 N–H and O–H groups in total. The fraction of sp³-hybridized carbons (Fsp3) is 0.400. The van der Waals surface area contributed by atoms with Gasteiger partial charge in [-0.1, -0.05) is 11.6 Å². The fourth-order valence-electron chi connectivity index (χ4n) is 1.83. The summed E-state index contributed by atoms with van der Waals surface area (Å²) in [5, 5.41) is 3.66. The maximum absolute atomic E-state index is 12.8. The molecule has 0 saturated carbocycles. The van der Waals surface area contributed by atoms with Crippen LogP contribution in [0.1, 0.15) is 19.4 Å². The Balaban J connectivity index is 2.76. The fourth-order valence-corrected chi connectivity index (χ4v) is 3.32. The molecule has 29 heavy (non-hydrogen) atoms. The molecule has 0 aliphatic carbocycles. The number of ether oxygens (including phenoxy) is 1. The molecular weight excluding hydrogens is 443 g/mol. The lowest BCUT2D eigenvalue weighted by atomic mass is 10.2. The van der Waals surface area contributed by atoms with Gasteiger partial charge in [-0.25, -0.2) is 13.2 Å². The predicted octanol–water partition coefficient (Wildman–Crippen LogP) is 1.41. The van der Waals surface area contributed by atoms with Crippen molar-refractivity contribution in [2.75, 3.05) is 13.1 Å². The second-order valence-electron chi connectivity index (χ2n) is 5.45. The van der Waals surface area contributed by atoms with Crippen LogP contribution in [-0.4, -0.2) is 45.5 Å². The van der Waals surface area contributed by atoms with Crippen molar-refractivity contribution in [3.63, 3.8) is 0 Å². The topological polar surface area (TPSA) is 131 Å². The largest absolute Gasteiger partial charge is 0.452 e. The highest BCUT2D eigenvalue weighted by atomic mass is 35.5. The van der Waals surface area contributed by atoms with Crippen LogP contribution in [0.4, 0.5) is 18.0 Å². The van der Waals surface area contributed by atoms with Crippen LogP contribution in [0.15, 0.2) is 23.1 Å². The van der Waals surface area contributed by atoms with Gasteiger partial charge in [-0.3, -0.25) is 14.9 Å². The Hall–Kier alpha value is -2.38. The van der Waals surface area contributed by atoms with Crippen molar-refractivity contribution in [2.24, 2.45) is 0 Å². The lowest BCUT2D eigenvalue weighted by molar-refractivity contribution is -0.153. The number of halogens is 4. The molecule has 0 unspecified atom stereocenters. The van der Waals surface area contributed by atoms with Crippen molar-refractivity contribution >= 4 is 39.5 Å². The molecule has 1 aromatic rings. The van der Waals surface area contributed by atoms with Gasteiger partial charge in [0.05, 0.1) is 10.6 Å². The summed E-state index contributed by atoms with van der Waals surface area (Å²) in [5.74, 6) is -2.18. The standard InChI is InChI=1S/C15H17ClF3N3O6S/c1-3-20-14(25)22-13(24)8(2)28-12(23)7-21-29(26,27)11-6-9(15(17,18)19)4-5-10(11)16/h4-6,8,21H,3,7H2,1-2H3,(H2,20,22,24,25)/t8-/m0/s1. The van der Waals surface area contributed by atoms with E-state index in [2.05, 4.69) is 10.1 Å². The second-order valence-corrected chi connectivity index (χ2v) is 7.59. The molecule has 1 rings (SSSR count). The summed E-state index contributed by atoms with van der Waals surface area (Å²) in [7, 11) is -4.60. The molecule has 1 aromatic carbocycles. The maximum Gasteiger partial charge on any atom is 0.416 e. The van der Waals surface area contributed by atoms with E-state index in [9.17, 15) is 36.0 Å². The molecular formula is C15H17ClF3N3O6S. The number of urea groups is 1. The van der Waals surface area contributed by atoms with Gasteiger partial charge >= 0.3 is 18.2 Å². The average molecular weight is 460 g/mol. The van der Waals surface area contributed by atoms with Crippen LogP contribution in [0.3, 0.4) is 0 Å². The van der Waals surface area contributed by atoms with Gasteiger partial charge < -0.3 is 10.1 Å². The first-order valence-corrected chi connectivity index (χ1v) is 9.78. The number of hydrogen-bond acceptors (Lipinski definition) is 6. The Morgan fingerprint density at radius 3 is 2.41 bits per heavy atom. The molecule has 0 spiro atoms. The quantitative estimate of drug-likeness (QED) is 0.528. The molecule has 0 bridgehead atoms. The Morgan fingerprint density at radius 2 is 1.86 bits per heavy atom. The van der Waals surface area contributed by atoms with E-state index in [1.165, 1.54) is 0 Å². The first-order valence-electron chi connectivity index (χ1n) is 7.92. The van der Waals surface area contributed by atoms with Crippen LogP contribution in [0.25, 0.3) is 0 Å². The van der Waals surface area contributed by atoms with Gasteiger partial charge in [0.2, 0.25) is 10.0 Å². The Kier molecular flexibility index (Phi) is 8.41. The molecule has 9 nitrogen and oxygen atoms in total. The zero-order chi connectivity index (χ0) is 22.4. The summed E-state index contributed by atoms with van der Waals surface area (Å²) >= 11 is 5.65. The minimum atomic E-state index is -4.80. The number of carbonyl (C=O) groups excluding carboxylic acids is 3. The number of sulfonamides is 1. The van der Waals surface area contributed by atoms with Gasteiger partial charge in [0, 0.05) is 6.54 Å². The summed E-state index contributed by atoms with van der Waals surface area (Å²) < 4.78 is 69.0. The van der Waals surface area contributed by atoms with E-state index in [1.54, 1.807) is 11.6 Å². The van der Waals surface area contributed by atoms with Gasteiger partial charge in [-0.15, -0.1) is 0 Å². The van der Waals surface area contributed by atoms with Gasteiger partial charge in [0.25, 0.3) is 5.91 Å². The number of nitrogens with one attached hydrogen (secondary N) is 3. The van der Waals surface area contributed by atoms with Crippen molar-refractivity contribution in [3.8, 4) is 0 Å². The highest BCUT2D eigenvalue weighted by Crippen LogP contribution is 2.33. The molecule has 0 fully saturated rings. The number of carbonyl (C=O) groups is 3. The molecule has 3 amide bonds. The number of amides is 3. The van der Waals surface area contributed by atoms with Crippen LogP contribution >= 0.6 is 11.6 Å². The number of imide groups is 1. The first kappa shape index (κ1) is 24.7. The van der Waals surface area contributed by atoms with Gasteiger partial charge in [0.1, 0.15) is 11.4 Å². The van der Waals surface area contributed by atoms with Gasteiger partial charge in [0.15, 0.2) is 6.10 Å². The van der Waals surface area contributed by atoms with Crippen molar-refractivity contribution in [1.82, 2.24) is 15.4 Å². The Morgan fingerprint density at radius 1 is 1.24 bits per heavy atom. The van der Waals surface area contributed by atoms with Crippen molar-refractivity contribution in [3.05, 3.63) is 28.8 Å². The summed E-state index contributed by atoms with van der Waals surface area (Å²) in [6, 6.07) is 0.855. The molecule has 0 aromatic heterocycles. The maximum atomic E-state index is 12.8. The zero-order valence-corrected chi connectivity index (χ0v) is 16.7. The monoisotopic (exact) mass is 459 g/mol. The van der Waals surface area contributed by atoms with E-state index < -0.39 is 62.2 Å². The lowest BCUT2D eigenvalue weighted by Gasteiger charge is -2.14. The van der Waals surface area contributed by atoms with E-state index in [1.807, 2.05) is 5.32 Å².